The zero-order valence-electron chi connectivity index (χ0n) is 19.3. The number of nitrogens with two attached hydrogens (primary N) is 3. The van der Waals surface area contributed by atoms with E-state index < -0.39 is 12.1 Å². The molecule has 0 aliphatic carbocycles. The minimum absolute atomic E-state index is 0.00304. The van der Waals surface area contributed by atoms with Crippen molar-refractivity contribution >= 4 is 17.8 Å². The van der Waals surface area contributed by atoms with Gasteiger partial charge < -0.3 is 27.8 Å². The molecule has 0 spiro atoms. The number of hydrogen-bond acceptors (Lipinski definition) is 4. The first-order valence-electron chi connectivity index (χ1n) is 11.4. The van der Waals surface area contributed by atoms with E-state index in [0.29, 0.717) is 32.4 Å². The zero-order valence-corrected chi connectivity index (χ0v) is 19.3. The first-order chi connectivity index (χ1) is 15.9. The smallest absolute Gasteiger partial charge is 0.242 e. The molecule has 0 saturated heterocycles. The van der Waals surface area contributed by atoms with E-state index in [0.717, 1.165) is 29.5 Å². The summed E-state index contributed by atoms with van der Waals surface area (Å²) >= 11 is 0. The van der Waals surface area contributed by atoms with Crippen LogP contribution in [0.4, 0.5) is 0 Å². The Bertz CT molecular complexity index is 895. The van der Waals surface area contributed by atoms with E-state index >= 15 is 0 Å². The second-order valence-corrected chi connectivity index (χ2v) is 8.03. The van der Waals surface area contributed by atoms with Gasteiger partial charge in [0.15, 0.2) is 5.96 Å². The van der Waals surface area contributed by atoms with Gasteiger partial charge in [0.05, 0.1) is 6.04 Å². The van der Waals surface area contributed by atoms with Crippen molar-refractivity contribution in [1.82, 2.24) is 10.6 Å². The number of hydrogen-bond donors (Lipinski definition) is 5. The highest BCUT2D eigenvalue weighted by Crippen LogP contribution is 2.19. The van der Waals surface area contributed by atoms with Gasteiger partial charge in [-0.2, -0.15) is 0 Å². The van der Waals surface area contributed by atoms with E-state index in [1.165, 1.54) is 0 Å². The minimum atomic E-state index is -0.767. The number of amides is 2. The number of rotatable bonds is 13. The number of carbonyl (C=O) groups is 2. The maximum absolute atomic E-state index is 12.7. The van der Waals surface area contributed by atoms with Crippen LogP contribution >= 0.6 is 0 Å². The molecule has 0 aromatic heterocycles. The van der Waals surface area contributed by atoms with E-state index in [1.807, 2.05) is 61.5 Å². The van der Waals surface area contributed by atoms with Crippen LogP contribution in [0.15, 0.2) is 59.6 Å². The summed E-state index contributed by atoms with van der Waals surface area (Å²) in [4.78, 5) is 29.3. The normalized spacial score (nSPS) is 12.4. The molecular formula is C25H36N6O2. The average molecular weight is 453 g/mol. The van der Waals surface area contributed by atoms with E-state index in [9.17, 15) is 9.59 Å². The van der Waals surface area contributed by atoms with Crippen LogP contribution in [-0.2, 0) is 16.0 Å². The molecule has 0 saturated carbocycles. The van der Waals surface area contributed by atoms with Crippen LogP contribution in [0.5, 0.6) is 0 Å². The van der Waals surface area contributed by atoms with Crippen molar-refractivity contribution in [3.63, 3.8) is 0 Å². The zero-order chi connectivity index (χ0) is 24.1. The Morgan fingerprint density at radius 3 is 2.24 bits per heavy atom. The molecule has 8 N–H and O–H groups in total. The third-order valence-corrected chi connectivity index (χ3v) is 5.26. The van der Waals surface area contributed by atoms with Crippen molar-refractivity contribution in [1.29, 1.82) is 0 Å². The molecule has 178 valence electrons. The van der Waals surface area contributed by atoms with Crippen molar-refractivity contribution in [3.8, 4) is 11.1 Å². The largest absolute Gasteiger partial charge is 0.370 e. The molecule has 0 fully saturated rings. The lowest BCUT2D eigenvalue weighted by Crippen LogP contribution is -2.52. The van der Waals surface area contributed by atoms with Gasteiger partial charge in [-0.3, -0.25) is 14.6 Å². The van der Waals surface area contributed by atoms with Gasteiger partial charge in [-0.05, 0) is 42.4 Å². The van der Waals surface area contributed by atoms with Crippen LogP contribution in [0.1, 0.15) is 38.2 Å². The van der Waals surface area contributed by atoms with Gasteiger partial charge in [0.1, 0.15) is 6.04 Å². The third kappa shape index (κ3) is 9.33. The van der Waals surface area contributed by atoms with Crippen LogP contribution in [0, 0.1) is 0 Å². The van der Waals surface area contributed by atoms with Crippen LogP contribution in [-0.4, -0.2) is 42.9 Å². The number of benzene rings is 2. The van der Waals surface area contributed by atoms with Gasteiger partial charge in [-0.1, -0.05) is 67.9 Å². The van der Waals surface area contributed by atoms with Crippen molar-refractivity contribution in [3.05, 3.63) is 60.2 Å². The quantitative estimate of drug-likeness (QED) is 0.178. The summed E-state index contributed by atoms with van der Waals surface area (Å²) < 4.78 is 0. The van der Waals surface area contributed by atoms with Gasteiger partial charge in [-0.25, -0.2) is 0 Å². The second kappa shape index (κ2) is 13.9. The predicted molar refractivity (Wildman–Crippen MR) is 133 cm³/mol. The molecule has 0 aliphatic rings. The molecule has 0 heterocycles. The number of guanidine groups is 1. The van der Waals surface area contributed by atoms with Crippen LogP contribution in [0.2, 0.25) is 0 Å². The van der Waals surface area contributed by atoms with Gasteiger partial charge in [0.2, 0.25) is 11.8 Å². The van der Waals surface area contributed by atoms with E-state index in [1.54, 1.807) is 0 Å². The van der Waals surface area contributed by atoms with Gasteiger partial charge >= 0.3 is 0 Å². The van der Waals surface area contributed by atoms with Crippen LogP contribution in [0.25, 0.3) is 11.1 Å². The summed E-state index contributed by atoms with van der Waals surface area (Å²) in [5.74, 6) is -0.580. The lowest BCUT2D eigenvalue weighted by molar-refractivity contribution is -0.129. The molecule has 2 rings (SSSR count). The standard InChI is InChI=1S/C25H36N6O2/c1-2-3-15-29-24(33)22(10-7-16-30-25(27)28)31-23(32)21(26)17-18-11-13-20(14-12-18)19-8-5-4-6-9-19/h4-6,8-9,11-14,21-22H,2-3,7,10,15-17,26H2,1H3,(H,29,33)(H,31,32)(H4,27,28,30)/t21-,22-/m1/s1. The maximum atomic E-state index is 12.7. The van der Waals surface area contributed by atoms with Crippen molar-refractivity contribution < 1.29 is 9.59 Å². The highest BCUT2D eigenvalue weighted by molar-refractivity contribution is 5.89. The SMILES string of the molecule is CCCCNC(=O)[C@@H](CCCN=C(N)N)NC(=O)[C@H](N)Cc1ccc(-c2ccccc2)cc1. The highest BCUT2D eigenvalue weighted by Gasteiger charge is 2.23. The molecular weight excluding hydrogens is 416 g/mol. The maximum Gasteiger partial charge on any atom is 0.242 e. The molecule has 0 bridgehead atoms. The molecule has 2 aromatic carbocycles. The number of aliphatic imine (C=N–C) groups is 1. The Morgan fingerprint density at radius 1 is 0.939 bits per heavy atom. The Balaban J connectivity index is 1.95. The van der Waals surface area contributed by atoms with Gasteiger partial charge in [0.25, 0.3) is 0 Å². The Kier molecular flexibility index (Phi) is 10.9. The fourth-order valence-corrected chi connectivity index (χ4v) is 3.37. The molecule has 0 aliphatic heterocycles. The number of unbranched alkanes of at least 4 members (excludes halogenated alkanes) is 1. The average Bonchev–Trinajstić information content (AvgIpc) is 2.81. The predicted octanol–water partition coefficient (Wildman–Crippen LogP) is 1.68. The Hall–Kier alpha value is -3.39. The fourth-order valence-electron chi connectivity index (χ4n) is 3.37. The summed E-state index contributed by atoms with van der Waals surface area (Å²) in [7, 11) is 0. The summed E-state index contributed by atoms with van der Waals surface area (Å²) in [6.45, 7) is 3.00. The van der Waals surface area contributed by atoms with E-state index in [2.05, 4.69) is 15.6 Å². The van der Waals surface area contributed by atoms with E-state index in [-0.39, 0.29) is 17.8 Å². The van der Waals surface area contributed by atoms with Crippen LogP contribution < -0.4 is 27.8 Å². The Morgan fingerprint density at radius 2 is 1.61 bits per heavy atom. The van der Waals surface area contributed by atoms with Crippen molar-refractivity contribution in [2.24, 2.45) is 22.2 Å². The molecule has 33 heavy (non-hydrogen) atoms. The molecule has 2 amide bonds. The molecule has 8 nitrogen and oxygen atoms in total. The summed E-state index contributed by atoms with van der Waals surface area (Å²) in [6, 6.07) is 16.6. The van der Waals surface area contributed by atoms with E-state index in [4.69, 9.17) is 17.2 Å². The number of nitrogens with one attached hydrogen (secondary N) is 2. The number of nitrogens with zero attached hydrogens (tertiary/aromatic N) is 1. The monoisotopic (exact) mass is 452 g/mol. The molecule has 8 heteroatoms. The topological polar surface area (TPSA) is 149 Å². The van der Waals surface area contributed by atoms with Crippen LogP contribution in [0.3, 0.4) is 0 Å². The highest BCUT2D eigenvalue weighted by atomic mass is 16.2. The Labute approximate surface area is 196 Å². The van der Waals surface area contributed by atoms with Gasteiger partial charge in [0, 0.05) is 13.1 Å². The van der Waals surface area contributed by atoms with Gasteiger partial charge in [-0.15, -0.1) is 0 Å². The second-order valence-electron chi connectivity index (χ2n) is 8.03. The summed E-state index contributed by atoms with van der Waals surface area (Å²) in [6.07, 6.45) is 3.19. The minimum Gasteiger partial charge on any atom is -0.370 e. The lowest BCUT2D eigenvalue weighted by atomic mass is 10.0. The van der Waals surface area contributed by atoms with Crippen molar-refractivity contribution in [2.45, 2.75) is 51.1 Å². The third-order valence-electron chi connectivity index (χ3n) is 5.26. The first kappa shape index (κ1) is 25.9. The molecule has 0 unspecified atom stereocenters. The lowest BCUT2D eigenvalue weighted by Gasteiger charge is -2.21. The molecule has 2 aromatic rings. The molecule has 2 atom stereocenters. The first-order valence-corrected chi connectivity index (χ1v) is 11.4. The molecule has 0 radical (unpaired) electrons. The fraction of sp³-hybridized carbons (Fsp3) is 0.400. The summed E-state index contributed by atoms with van der Waals surface area (Å²) in [5.41, 5.74) is 20.0. The van der Waals surface area contributed by atoms with Crippen molar-refractivity contribution in [2.75, 3.05) is 13.1 Å². The number of carbonyl (C=O) groups excluding carboxylic acids is 2. The summed E-state index contributed by atoms with van der Waals surface area (Å²) in [5, 5.41) is 5.67.